The van der Waals surface area contributed by atoms with Crippen molar-refractivity contribution in [3.05, 3.63) is 84.3 Å². The van der Waals surface area contributed by atoms with E-state index in [4.69, 9.17) is 9.72 Å². The first-order valence-corrected chi connectivity index (χ1v) is 12.9. The summed E-state index contributed by atoms with van der Waals surface area (Å²) in [5, 5.41) is 4.77. The van der Waals surface area contributed by atoms with E-state index in [0.29, 0.717) is 12.6 Å². The van der Waals surface area contributed by atoms with Crippen LogP contribution in [0.4, 0.5) is 5.69 Å². The molecule has 5 aromatic rings. The van der Waals surface area contributed by atoms with E-state index >= 15 is 0 Å². The molecular formula is C30H29N5O. The van der Waals surface area contributed by atoms with Crippen molar-refractivity contribution in [2.24, 2.45) is 0 Å². The summed E-state index contributed by atoms with van der Waals surface area (Å²) in [6.45, 7) is 3.34. The van der Waals surface area contributed by atoms with Gasteiger partial charge < -0.3 is 19.9 Å². The largest absolute Gasteiger partial charge is 0.491 e. The smallest absolute Gasteiger partial charge is 0.124 e. The molecule has 0 aliphatic carbocycles. The molecule has 4 heterocycles. The first kappa shape index (κ1) is 21.4. The number of imidazole rings is 1. The van der Waals surface area contributed by atoms with Crippen LogP contribution in [0.25, 0.3) is 33.1 Å². The molecule has 180 valence electrons. The van der Waals surface area contributed by atoms with Gasteiger partial charge in [0.1, 0.15) is 18.2 Å². The second-order valence-corrected chi connectivity index (χ2v) is 9.80. The molecule has 0 amide bonds. The summed E-state index contributed by atoms with van der Waals surface area (Å²) in [7, 11) is 0. The Kier molecular flexibility index (Phi) is 5.32. The standard InChI is InChI=1S/C30H29N5O/c1-2-6-24-23(5-1)28(12-14-32-24)35-15-16-36-29-11-9-20(17-22(29)19-35)21-8-10-25-27(18-21)34-30(33-25)26-7-3-4-13-31-26/h1-2,5-6,8-12,14,17-18,26,31H,3-4,7,13,15-16,19H2,(H,33,34). The summed E-state index contributed by atoms with van der Waals surface area (Å²) in [5.74, 6) is 2.02. The maximum absolute atomic E-state index is 6.16. The van der Waals surface area contributed by atoms with Gasteiger partial charge in [0.25, 0.3) is 0 Å². The van der Waals surface area contributed by atoms with Crippen LogP contribution in [0.3, 0.4) is 0 Å². The summed E-state index contributed by atoms with van der Waals surface area (Å²) >= 11 is 0. The lowest BCUT2D eigenvalue weighted by Gasteiger charge is -2.23. The number of nitrogens with zero attached hydrogens (tertiary/aromatic N) is 3. The molecule has 2 aromatic heterocycles. The number of aromatic nitrogens is 3. The predicted octanol–water partition coefficient (Wildman–Crippen LogP) is 5.99. The molecule has 2 aliphatic heterocycles. The van der Waals surface area contributed by atoms with E-state index in [2.05, 4.69) is 80.8 Å². The number of hydrogen-bond donors (Lipinski definition) is 2. The van der Waals surface area contributed by atoms with E-state index in [1.807, 2.05) is 12.3 Å². The summed E-state index contributed by atoms with van der Waals surface area (Å²) < 4.78 is 6.16. The Labute approximate surface area is 210 Å². The highest BCUT2D eigenvalue weighted by Crippen LogP contribution is 2.34. The molecule has 1 saturated heterocycles. The number of aromatic amines is 1. The zero-order chi connectivity index (χ0) is 23.9. The normalized spacial score (nSPS) is 18.1. The fourth-order valence-electron chi connectivity index (χ4n) is 5.60. The van der Waals surface area contributed by atoms with Gasteiger partial charge in [0.15, 0.2) is 0 Å². The van der Waals surface area contributed by atoms with Crippen molar-refractivity contribution < 1.29 is 4.74 Å². The van der Waals surface area contributed by atoms with Gasteiger partial charge in [0, 0.05) is 29.4 Å². The second kappa shape index (κ2) is 8.95. The number of pyridine rings is 1. The Morgan fingerprint density at radius 1 is 0.917 bits per heavy atom. The number of anilines is 1. The highest BCUT2D eigenvalue weighted by atomic mass is 16.5. The maximum atomic E-state index is 6.16. The van der Waals surface area contributed by atoms with Gasteiger partial charge in [-0.2, -0.15) is 0 Å². The Morgan fingerprint density at radius 2 is 1.83 bits per heavy atom. The van der Waals surface area contributed by atoms with Crippen LogP contribution >= 0.6 is 0 Å². The van der Waals surface area contributed by atoms with Gasteiger partial charge >= 0.3 is 0 Å². The Balaban J connectivity index is 1.21. The van der Waals surface area contributed by atoms with Crippen LogP contribution in [-0.2, 0) is 6.54 Å². The molecule has 1 unspecified atom stereocenters. The van der Waals surface area contributed by atoms with E-state index in [0.717, 1.165) is 54.2 Å². The average Bonchev–Trinajstić information content (AvgIpc) is 3.25. The Hall–Kier alpha value is -3.90. The van der Waals surface area contributed by atoms with Crippen LogP contribution in [0.1, 0.15) is 36.7 Å². The van der Waals surface area contributed by atoms with Crippen LogP contribution in [-0.4, -0.2) is 34.6 Å². The number of ether oxygens (including phenoxy) is 1. The first-order chi connectivity index (χ1) is 17.8. The molecule has 3 aromatic carbocycles. The number of piperidine rings is 1. The van der Waals surface area contributed by atoms with E-state index in [1.165, 1.54) is 40.6 Å². The molecule has 2 aliphatic rings. The second-order valence-electron chi connectivity index (χ2n) is 9.80. The Morgan fingerprint density at radius 3 is 2.78 bits per heavy atom. The van der Waals surface area contributed by atoms with Crippen molar-refractivity contribution in [1.29, 1.82) is 0 Å². The quantitative estimate of drug-likeness (QED) is 0.335. The Bertz CT molecular complexity index is 1550. The molecule has 0 radical (unpaired) electrons. The molecule has 36 heavy (non-hydrogen) atoms. The number of rotatable bonds is 3. The van der Waals surface area contributed by atoms with Crippen LogP contribution in [0.2, 0.25) is 0 Å². The molecule has 1 fully saturated rings. The molecule has 6 heteroatoms. The van der Waals surface area contributed by atoms with Crippen LogP contribution in [0.15, 0.2) is 72.9 Å². The van der Waals surface area contributed by atoms with Crippen molar-refractivity contribution >= 4 is 27.6 Å². The number of H-pyrrole nitrogens is 1. The summed E-state index contributed by atoms with van der Waals surface area (Å²) in [6.07, 6.45) is 5.54. The minimum absolute atomic E-state index is 0.328. The van der Waals surface area contributed by atoms with E-state index in [-0.39, 0.29) is 0 Å². The molecule has 0 bridgehead atoms. The summed E-state index contributed by atoms with van der Waals surface area (Å²) in [6, 6.07) is 23.9. The number of para-hydroxylation sites is 1. The van der Waals surface area contributed by atoms with Crippen LogP contribution < -0.4 is 15.0 Å². The fourth-order valence-corrected chi connectivity index (χ4v) is 5.60. The number of benzene rings is 3. The monoisotopic (exact) mass is 475 g/mol. The maximum Gasteiger partial charge on any atom is 0.124 e. The lowest BCUT2D eigenvalue weighted by Crippen LogP contribution is -2.27. The van der Waals surface area contributed by atoms with Gasteiger partial charge in [-0.1, -0.05) is 36.8 Å². The van der Waals surface area contributed by atoms with Gasteiger partial charge in [-0.05, 0) is 66.9 Å². The van der Waals surface area contributed by atoms with Gasteiger partial charge in [0.2, 0.25) is 0 Å². The average molecular weight is 476 g/mol. The lowest BCUT2D eigenvalue weighted by molar-refractivity contribution is 0.332. The topological polar surface area (TPSA) is 66.1 Å². The fraction of sp³-hybridized carbons (Fsp3) is 0.267. The lowest BCUT2D eigenvalue weighted by atomic mass is 10.0. The SMILES string of the molecule is c1ccc2c(N3CCOc4ccc(-c5ccc6nc(C7CCCCN7)[nH]c6c5)cc4C3)ccnc2c1. The highest BCUT2D eigenvalue weighted by molar-refractivity contribution is 5.91. The van der Waals surface area contributed by atoms with Crippen molar-refractivity contribution in [1.82, 2.24) is 20.3 Å². The molecule has 0 spiro atoms. The van der Waals surface area contributed by atoms with Gasteiger partial charge in [-0.25, -0.2) is 4.98 Å². The summed E-state index contributed by atoms with van der Waals surface area (Å²) in [4.78, 5) is 15.4. The van der Waals surface area contributed by atoms with Crippen LogP contribution in [0, 0.1) is 0 Å². The van der Waals surface area contributed by atoms with Crippen molar-refractivity contribution in [3.63, 3.8) is 0 Å². The molecule has 6 nitrogen and oxygen atoms in total. The molecule has 0 saturated carbocycles. The minimum atomic E-state index is 0.328. The number of hydrogen-bond acceptors (Lipinski definition) is 5. The minimum Gasteiger partial charge on any atom is -0.491 e. The third-order valence-electron chi connectivity index (χ3n) is 7.48. The molecule has 2 N–H and O–H groups in total. The predicted molar refractivity (Wildman–Crippen MR) is 144 cm³/mol. The van der Waals surface area contributed by atoms with Gasteiger partial charge in [-0.15, -0.1) is 0 Å². The third-order valence-corrected chi connectivity index (χ3v) is 7.48. The third kappa shape index (κ3) is 3.88. The zero-order valence-electron chi connectivity index (χ0n) is 20.2. The first-order valence-electron chi connectivity index (χ1n) is 12.9. The number of nitrogens with one attached hydrogen (secondary N) is 2. The van der Waals surface area contributed by atoms with Gasteiger partial charge in [0.05, 0.1) is 29.1 Å². The highest BCUT2D eigenvalue weighted by Gasteiger charge is 2.20. The van der Waals surface area contributed by atoms with Crippen molar-refractivity contribution in [2.45, 2.75) is 31.8 Å². The van der Waals surface area contributed by atoms with E-state index in [9.17, 15) is 0 Å². The molecule has 7 rings (SSSR count). The number of fused-ring (bicyclic) bond motifs is 3. The van der Waals surface area contributed by atoms with Crippen molar-refractivity contribution in [2.75, 3.05) is 24.6 Å². The van der Waals surface area contributed by atoms with Gasteiger partial charge in [-0.3, -0.25) is 4.98 Å². The van der Waals surface area contributed by atoms with E-state index in [1.54, 1.807) is 0 Å². The zero-order valence-corrected chi connectivity index (χ0v) is 20.2. The summed E-state index contributed by atoms with van der Waals surface area (Å²) in [5.41, 5.74) is 7.90. The molecular weight excluding hydrogens is 446 g/mol. The van der Waals surface area contributed by atoms with Crippen molar-refractivity contribution in [3.8, 4) is 16.9 Å². The molecule has 1 atom stereocenters. The van der Waals surface area contributed by atoms with Crippen LogP contribution in [0.5, 0.6) is 5.75 Å². The van der Waals surface area contributed by atoms with E-state index < -0.39 is 0 Å².